The van der Waals surface area contributed by atoms with Gasteiger partial charge in [-0.15, -0.1) is 11.3 Å². The lowest BCUT2D eigenvalue weighted by atomic mass is 9.97. The second-order valence-corrected chi connectivity index (χ2v) is 6.96. The molecule has 0 radical (unpaired) electrons. The van der Waals surface area contributed by atoms with Crippen LogP contribution in [0.5, 0.6) is 0 Å². The molecule has 3 aromatic rings. The van der Waals surface area contributed by atoms with Crippen molar-refractivity contribution in [3.05, 3.63) is 51.3 Å². The van der Waals surface area contributed by atoms with E-state index in [0.29, 0.717) is 11.1 Å². The highest BCUT2D eigenvalue weighted by Crippen LogP contribution is 2.33. The van der Waals surface area contributed by atoms with Gasteiger partial charge < -0.3 is 4.42 Å². The van der Waals surface area contributed by atoms with Gasteiger partial charge in [0, 0.05) is 4.88 Å². The van der Waals surface area contributed by atoms with Crippen LogP contribution in [0.15, 0.2) is 39.0 Å². The first-order valence-electron chi connectivity index (χ1n) is 8.07. The third-order valence-electron chi connectivity index (χ3n) is 4.18. The number of nitrogens with one attached hydrogen (secondary N) is 1. The summed E-state index contributed by atoms with van der Waals surface area (Å²) < 4.78 is 6.42. The number of rotatable bonds is 4. The molecule has 0 saturated carbocycles. The fourth-order valence-corrected chi connectivity index (χ4v) is 4.24. The first-order valence-corrected chi connectivity index (χ1v) is 8.89. The Bertz CT molecular complexity index is 1000. The van der Waals surface area contributed by atoms with Gasteiger partial charge in [-0.25, -0.2) is 10.4 Å². The quantitative estimate of drug-likeness (QED) is 0.572. The van der Waals surface area contributed by atoms with Crippen LogP contribution < -0.4 is 11.0 Å². The number of hydrogen-bond donors (Lipinski definition) is 1. The predicted molar refractivity (Wildman–Crippen MR) is 95.0 cm³/mol. The molecule has 1 aliphatic rings. The van der Waals surface area contributed by atoms with E-state index in [1.54, 1.807) is 23.5 Å². The molecule has 0 aliphatic heterocycles. The Morgan fingerprint density at radius 3 is 3.16 bits per heavy atom. The summed E-state index contributed by atoms with van der Waals surface area (Å²) in [6.07, 6.45) is 8.53. The minimum absolute atomic E-state index is 0.123. The van der Waals surface area contributed by atoms with Gasteiger partial charge in [0.05, 0.1) is 24.2 Å². The van der Waals surface area contributed by atoms with Crippen LogP contribution in [0.1, 0.15) is 29.0 Å². The zero-order valence-electron chi connectivity index (χ0n) is 13.4. The van der Waals surface area contributed by atoms with Crippen LogP contribution in [0.4, 0.5) is 0 Å². The van der Waals surface area contributed by atoms with Crippen LogP contribution in [0, 0.1) is 0 Å². The third kappa shape index (κ3) is 3.12. The monoisotopic (exact) mass is 356 g/mol. The summed E-state index contributed by atoms with van der Waals surface area (Å²) in [5.41, 5.74) is 3.35. The molecule has 0 aromatic carbocycles. The molecule has 25 heavy (non-hydrogen) atoms. The van der Waals surface area contributed by atoms with Crippen LogP contribution in [0.25, 0.3) is 10.2 Å². The normalized spacial score (nSPS) is 14.1. The summed E-state index contributed by atoms with van der Waals surface area (Å²) in [7, 11) is 0. The number of fused-ring (bicyclic) bond motifs is 3. The van der Waals surface area contributed by atoms with E-state index in [4.69, 9.17) is 4.42 Å². The molecule has 8 heteroatoms. The van der Waals surface area contributed by atoms with Crippen LogP contribution in [-0.4, -0.2) is 21.7 Å². The first kappa shape index (κ1) is 15.8. The van der Waals surface area contributed by atoms with Crippen LogP contribution >= 0.6 is 11.3 Å². The van der Waals surface area contributed by atoms with Gasteiger partial charge in [0.1, 0.15) is 17.1 Å². The van der Waals surface area contributed by atoms with E-state index in [9.17, 15) is 9.59 Å². The zero-order chi connectivity index (χ0) is 17.2. The van der Waals surface area contributed by atoms with Gasteiger partial charge in [0.25, 0.3) is 11.5 Å². The average Bonchev–Trinajstić information content (AvgIpc) is 3.24. The van der Waals surface area contributed by atoms with Gasteiger partial charge in [-0.1, -0.05) is 0 Å². The van der Waals surface area contributed by atoms with Crippen molar-refractivity contribution in [3.8, 4) is 0 Å². The number of hydrazone groups is 1. The second kappa shape index (κ2) is 6.64. The molecular formula is C17H16N4O3S. The number of amides is 1. The molecule has 128 valence electrons. The predicted octanol–water partition coefficient (Wildman–Crippen LogP) is 2.08. The minimum atomic E-state index is -0.393. The number of aryl methyl sites for hydroxylation is 2. The maximum atomic E-state index is 12.8. The van der Waals surface area contributed by atoms with Crippen molar-refractivity contribution < 1.29 is 9.21 Å². The Morgan fingerprint density at radius 2 is 2.32 bits per heavy atom. The number of nitrogens with zero attached hydrogens (tertiary/aromatic N) is 3. The lowest BCUT2D eigenvalue weighted by Crippen LogP contribution is -2.30. The van der Waals surface area contributed by atoms with E-state index in [2.05, 4.69) is 15.5 Å². The summed E-state index contributed by atoms with van der Waals surface area (Å²) in [5.74, 6) is 0.139. The summed E-state index contributed by atoms with van der Waals surface area (Å²) in [5, 5.41) is 4.49. The molecule has 1 amide bonds. The van der Waals surface area contributed by atoms with Gasteiger partial charge in [-0.3, -0.25) is 14.2 Å². The van der Waals surface area contributed by atoms with Crippen molar-refractivity contribution >= 4 is 33.7 Å². The highest BCUT2D eigenvalue weighted by molar-refractivity contribution is 7.18. The maximum Gasteiger partial charge on any atom is 0.262 e. The van der Waals surface area contributed by atoms with Crippen molar-refractivity contribution in [2.24, 2.45) is 5.10 Å². The highest BCUT2D eigenvalue weighted by atomic mass is 32.1. The lowest BCUT2D eigenvalue weighted by Gasteiger charge is -2.10. The third-order valence-corrected chi connectivity index (χ3v) is 5.38. The lowest BCUT2D eigenvalue weighted by molar-refractivity contribution is -0.121. The standard InChI is InChI=1S/C17H16N4O3S/c22-14(20-19-8-11-4-3-7-24-11)9-21-10-18-16-15(17(21)23)12-5-1-2-6-13(12)25-16/h3-4,7-8,10H,1-2,5-6,9H2,(H,20,22)/b19-8-. The molecule has 0 saturated heterocycles. The Kier molecular flexibility index (Phi) is 4.19. The Labute approximate surface area is 147 Å². The molecule has 1 aliphatic carbocycles. The highest BCUT2D eigenvalue weighted by Gasteiger charge is 2.20. The number of furan rings is 1. The van der Waals surface area contributed by atoms with E-state index in [0.717, 1.165) is 36.1 Å². The number of carbonyl (C=O) groups excluding carboxylic acids is 1. The Hall–Kier alpha value is -2.74. The Morgan fingerprint density at radius 1 is 1.44 bits per heavy atom. The van der Waals surface area contributed by atoms with Gasteiger partial charge in [0.2, 0.25) is 0 Å². The van der Waals surface area contributed by atoms with Crippen molar-refractivity contribution in [3.63, 3.8) is 0 Å². The van der Waals surface area contributed by atoms with Crippen molar-refractivity contribution in [1.29, 1.82) is 0 Å². The average molecular weight is 356 g/mol. The molecule has 0 unspecified atom stereocenters. The molecule has 3 aromatic heterocycles. The largest absolute Gasteiger partial charge is 0.463 e. The van der Waals surface area contributed by atoms with Crippen molar-refractivity contribution in [1.82, 2.24) is 15.0 Å². The van der Waals surface area contributed by atoms with Crippen LogP contribution in [-0.2, 0) is 24.2 Å². The number of hydrogen-bond acceptors (Lipinski definition) is 6. The van der Waals surface area contributed by atoms with Crippen molar-refractivity contribution in [2.75, 3.05) is 0 Å². The molecule has 0 spiro atoms. The first-order chi connectivity index (χ1) is 12.2. The van der Waals surface area contributed by atoms with Gasteiger partial charge >= 0.3 is 0 Å². The Balaban J connectivity index is 1.54. The second-order valence-electron chi connectivity index (χ2n) is 5.88. The van der Waals surface area contributed by atoms with E-state index >= 15 is 0 Å². The molecule has 7 nitrogen and oxygen atoms in total. The van der Waals surface area contributed by atoms with Crippen LogP contribution in [0.3, 0.4) is 0 Å². The summed E-state index contributed by atoms with van der Waals surface area (Å²) in [6.45, 7) is -0.123. The zero-order valence-corrected chi connectivity index (χ0v) is 14.2. The van der Waals surface area contributed by atoms with Gasteiger partial charge in [-0.05, 0) is 43.4 Å². The topological polar surface area (TPSA) is 89.5 Å². The van der Waals surface area contributed by atoms with Gasteiger partial charge in [0.15, 0.2) is 0 Å². The van der Waals surface area contributed by atoms with Gasteiger partial charge in [-0.2, -0.15) is 5.10 Å². The SMILES string of the molecule is O=C(Cn1cnc2sc3c(c2c1=O)CCCC3)N/N=C\c1ccco1. The smallest absolute Gasteiger partial charge is 0.262 e. The molecule has 4 rings (SSSR count). The van der Waals surface area contributed by atoms with Crippen LogP contribution in [0.2, 0.25) is 0 Å². The molecular weight excluding hydrogens is 340 g/mol. The summed E-state index contributed by atoms with van der Waals surface area (Å²) in [4.78, 5) is 31.2. The van der Waals surface area contributed by atoms with E-state index < -0.39 is 5.91 Å². The van der Waals surface area contributed by atoms with E-state index in [-0.39, 0.29) is 12.1 Å². The molecule has 3 heterocycles. The molecule has 0 atom stereocenters. The maximum absolute atomic E-state index is 12.8. The van der Waals surface area contributed by atoms with E-state index in [1.807, 2.05) is 0 Å². The van der Waals surface area contributed by atoms with Crippen molar-refractivity contribution in [2.45, 2.75) is 32.2 Å². The summed E-state index contributed by atoms with van der Waals surface area (Å²) >= 11 is 1.59. The molecule has 0 fully saturated rings. The number of thiophene rings is 1. The minimum Gasteiger partial charge on any atom is -0.463 e. The number of aromatic nitrogens is 2. The summed E-state index contributed by atoms with van der Waals surface area (Å²) in [6, 6.07) is 3.45. The number of carbonyl (C=O) groups is 1. The molecule has 0 bridgehead atoms. The fourth-order valence-electron chi connectivity index (χ4n) is 3.02. The molecule has 1 N–H and O–H groups in total. The fraction of sp³-hybridized carbons (Fsp3) is 0.294. The van der Waals surface area contributed by atoms with E-state index in [1.165, 1.54) is 28.2 Å².